The number of hydrogen-bond donors (Lipinski definition) is 0. The van der Waals surface area contributed by atoms with E-state index >= 15 is 0 Å². The normalized spacial score (nSPS) is 29.3. The van der Waals surface area contributed by atoms with Gasteiger partial charge >= 0.3 is 0 Å². The number of nitrogens with zero attached hydrogens (tertiary/aromatic N) is 1. The van der Waals surface area contributed by atoms with E-state index in [-0.39, 0.29) is 0 Å². The van der Waals surface area contributed by atoms with Crippen molar-refractivity contribution >= 4 is 8.23 Å². The van der Waals surface area contributed by atoms with Gasteiger partial charge < -0.3 is 0 Å². The summed E-state index contributed by atoms with van der Waals surface area (Å²) in [5.41, 5.74) is 0. The first-order valence-electron chi connectivity index (χ1n) is 3.46. The Labute approximate surface area is 57.1 Å². The molecule has 1 atom stereocenters. The van der Waals surface area contributed by atoms with Crippen molar-refractivity contribution in [1.29, 1.82) is 0 Å². The molecule has 1 unspecified atom stereocenters. The first-order valence-corrected chi connectivity index (χ1v) is 5.06. The Morgan fingerprint density at radius 2 is 2.44 bits per heavy atom. The van der Waals surface area contributed by atoms with Gasteiger partial charge in [0.1, 0.15) is 0 Å². The SMILES string of the molecule is CCCN1CCP(F)C1. The van der Waals surface area contributed by atoms with Crippen molar-refractivity contribution in [3.8, 4) is 0 Å². The Kier molecular flexibility index (Phi) is 2.87. The Morgan fingerprint density at radius 1 is 1.67 bits per heavy atom. The fourth-order valence-electron chi connectivity index (χ4n) is 1.11. The maximum atomic E-state index is 12.5. The van der Waals surface area contributed by atoms with E-state index in [0.717, 1.165) is 32.0 Å². The molecule has 0 spiro atoms. The van der Waals surface area contributed by atoms with Gasteiger partial charge in [-0.1, -0.05) is 6.92 Å². The maximum Gasteiger partial charge on any atom is 0.0969 e. The molecule has 9 heavy (non-hydrogen) atoms. The van der Waals surface area contributed by atoms with E-state index in [1.165, 1.54) is 0 Å². The van der Waals surface area contributed by atoms with Crippen molar-refractivity contribution in [3.05, 3.63) is 0 Å². The largest absolute Gasteiger partial charge is 0.296 e. The van der Waals surface area contributed by atoms with Gasteiger partial charge in [0.25, 0.3) is 0 Å². The van der Waals surface area contributed by atoms with Crippen LogP contribution in [0.4, 0.5) is 4.20 Å². The fraction of sp³-hybridized carbons (Fsp3) is 1.00. The third-order valence-electron chi connectivity index (χ3n) is 1.55. The highest BCUT2D eigenvalue weighted by Crippen LogP contribution is 2.41. The zero-order chi connectivity index (χ0) is 6.69. The zero-order valence-corrected chi connectivity index (χ0v) is 6.70. The van der Waals surface area contributed by atoms with Crippen molar-refractivity contribution in [2.45, 2.75) is 13.3 Å². The quantitative estimate of drug-likeness (QED) is 0.543. The number of rotatable bonds is 2. The summed E-state index contributed by atoms with van der Waals surface area (Å²) >= 11 is 0. The minimum absolute atomic E-state index is 0.739. The molecular formula is C6H13FNP. The van der Waals surface area contributed by atoms with Crippen LogP contribution in [0.15, 0.2) is 0 Å². The molecule has 1 fully saturated rings. The number of hydrogen-bond acceptors (Lipinski definition) is 1. The minimum Gasteiger partial charge on any atom is -0.296 e. The van der Waals surface area contributed by atoms with Crippen LogP contribution < -0.4 is 0 Å². The smallest absolute Gasteiger partial charge is 0.0969 e. The molecule has 0 aliphatic carbocycles. The first-order chi connectivity index (χ1) is 4.33. The van der Waals surface area contributed by atoms with Crippen LogP contribution in [0.1, 0.15) is 13.3 Å². The highest BCUT2D eigenvalue weighted by atomic mass is 31.2. The molecule has 0 bridgehead atoms. The highest BCUT2D eigenvalue weighted by Gasteiger charge is 2.20. The van der Waals surface area contributed by atoms with Crippen LogP contribution in [0.2, 0.25) is 0 Å². The second-order valence-electron chi connectivity index (χ2n) is 2.45. The van der Waals surface area contributed by atoms with Gasteiger partial charge in [-0.05, 0) is 13.0 Å². The molecule has 0 radical (unpaired) electrons. The molecule has 0 aromatic heterocycles. The highest BCUT2D eigenvalue weighted by molar-refractivity contribution is 7.52. The summed E-state index contributed by atoms with van der Waals surface area (Å²) < 4.78 is 12.5. The van der Waals surface area contributed by atoms with Crippen molar-refractivity contribution in [2.75, 3.05) is 25.5 Å². The average molecular weight is 149 g/mol. The van der Waals surface area contributed by atoms with Crippen LogP contribution >= 0.6 is 8.23 Å². The van der Waals surface area contributed by atoms with Crippen molar-refractivity contribution in [1.82, 2.24) is 4.90 Å². The molecule has 3 heteroatoms. The lowest BCUT2D eigenvalue weighted by molar-refractivity contribution is 0.355. The summed E-state index contributed by atoms with van der Waals surface area (Å²) in [5.74, 6) is 0. The monoisotopic (exact) mass is 149 g/mol. The van der Waals surface area contributed by atoms with Crippen LogP contribution in [-0.4, -0.2) is 30.4 Å². The molecule has 1 rings (SSSR count). The summed E-state index contributed by atoms with van der Waals surface area (Å²) in [6, 6.07) is 0. The van der Waals surface area contributed by atoms with E-state index < -0.39 is 8.23 Å². The number of halogens is 1. The van der Waals surface area contributed by atoms with Gasteiger partial charge in [0.05, 0.1) is 8.23 Å². The average Bonchev–Trinajstić information content (AvgIpc) is 2.17. The van der Waals surface area contributed by atoms with Gasteiger partial charge in [-0.15, -0.1) is 0 Å². The van der Waals surface area contributed by atoms with Crippen LogP contribution in [0, 0.1) is 0 Å². The third-order valence-corrected chi connectivity index (χ3v) is 2.94. The lowest BCUT2D eigenvalue weighted by atomic mass is 10.4. The van der Waals surface area contributed by atoms with Crippen molar-refractivity contribution in [2.24, 2.45) is 0 Å². The zero-order valence-electron chi connectivity index (χ0n) is 5.81. The predicted octanol–water partition coefficient (Wildman–Crippen LogP) is 2.04. The Balaban J connectivity index is 2.14. The molecule has 1 heterocycles. The molecule has 1 saturated heterocycles. The molecule has 1 aliphatic heterocycles. The van der Waals surface area contributed by atoms with Gasteiger partial charge in [-0.3, -0.25) is 4.90 Å². The second-order valence-corrected chi connectivity index (χ2v) is 4.10. The van der Waals surface area contributed by atoms with Crippen molar-refractivity contribution in [3.63, 3.8) is 0 Å². The standard InChI is InChI=1S/C6H13FNP/c1-2-3-8-4-5-9(7)6-8/h2-6H2,1H3. The van der Waals surface area contributed by atoms with Gasteiger partial charge in [-0.2, -0.15) is 0 Å². The van der Waals surface area contributed by atoms with E-state index in [0.29, 0.717) is 0 Å². The summed E-state index contributed by atoms with van der Waals surface area (Å²) in [4.78, 5) is 2.21. The Hall–Kier alpha value is 0.320. The second kappa shape index (κ2) is 3.48. The Bertz CT molecular complexity index is 87.1. The molecular weight excluding hydrogens is 136 g/mol. The van der Waals surface area contributed by atoms with Crippen LogP contribution in [0.3, 0.4) is 0 Å². The lowest BCUT2D eigenvalue weighted by Crippen LogP contribution is -2.19. The lowest BCUT2D eigenvalue weighted by Gasteiger charge is -2.10. The summed E-state index contributed by atoms with van der Waals surface area (Å²) in [6.45, 7) is 4.22. The van der Waals surface area contributed by atoms with E-state index in [4.69, 9.17) is 0 Å². The van der Waals surface area contributed by atoms with E-state index in [1.807, 2.05) is 0 Å². The molecule has 0 aromatic carbocycles. The van der Waals surface area contributed by atoms with Gasteiger partial charge in [0, 0.05) is 19.0 Å². The molecule has 0 amide bonds. The van der Waals surface area contributed by atoms with Gasteiger partial charge in [-0.25, -0.2) is 4.20 Å². The van der Waals surface area contributed by atoms with Crippen LogP contribution in [0.25, 0.3) is 0 Å². The van der Waals surface area contributed by atoms with Gasteiger partial charge in [0.2, 0.25) is 0 Å². The molecule has 0 N–H and O–H groups in total. The molecule has 0 saturated carbocycles. The van der Waals surface area contributed by atoms with Crippen LogP contribution in [0.5, 0.6) is 0 Å². The summed E-state index contributed by atoms with van der Waals surface area (Å²) in [6.07, 6.45) is 2.71. The summed E-state index contributed by atoms with van der Waals surface area (Å²) in [5, 5.41) is 0. The topological polar surface area (TPSA) is 3.24 Å². The molecule has 1 nitrogen and oxygen atoms in total. The van der Waals surface area contributed by atoms with E-state index in [1.54, 1.807) is 0 Å². The van der Waals surface area contributed by atoms with Crippen LogP contribution in [-0.2, 0) is 0 Å². The summed E-state index contributed by atoms with van der Waals surface area (Å²) in [7, 11) is -1.09. The van der Waals surface area contributed by atoms with E-state index in [9.17, 15) is 4.20 Å². The Morgan fingerprint density at radius 3 is 2.89 bits per heavy atom. The fourth-order valence-corrected chi connectivity index (χ4v) is 2.47. The molecule has 1 aliphatic rings. The van der Waals surface area contributed by atoms with Gasteiger partial charge in [0.15, 0.2) is 0 Å². The van der Waals surface area contributed by atoms with E-state index in [2.05, 4.69) is 11.8 Å². The minimum atomic E-state index is -1.09. The van der Waals surface area contributed by atoms with Crippen molar-refractivity contribution < 1.29 is 4.20 Å². The maximum absolute atomic E-state index is 12.5. The molecule has 0 aromatic rings. The third kappa shape index (κ3) is 2.19. The first kappa shape index (κ1) is 7.43. The molecule has 54 valence electrons. The predicted molar refractivity (Wildman–Crippen MR) is 39.6 cm³/mol.